The van der Waals surface area contributed by atoms with Crippen molar-refractivity contribution in [3.05, 3.63) is 35.9 Å². The molecule has 0 radical (unpaired) electrons. The Bertz CT molecular complexity index is 622. The van der Waals surface area contributed by atoms with E-state index in [1.54, 1.807) is 6.92 Å². The van der Waals surface area contributed by atoms with Crippen LogP contribution in [-0.2, 0) is 16.0 Å². The van der Waals surface area contributed by atoms with Crippen LogP contribution >= 0.6 is 0 Å². The van der Waals surface area contributed by atoms with Crippen LogP contribution in [0.25, 0.3) is 0 Å². The maximum absolute atomic E-state index is 12.4. The first-order valence-corrected chi connectivity index (χ1v) is 10.0. The average Bonchev–Trinajstić information content (AvgIpc) is 2.60. The predicted octanol–water partition coefficient (Wildman–Crippen LogP) is 5.07. The minimum Gasteiger partial charge on any atom is -0.481 e. The fourth-order valence-corrected chi connectivity index (χ4v) is 3.51. The Hall–Kier alpha value is -1.84. The minimum atomic E-state index is -1.15. The molecule has 1 aromatic rings. The molecule has 0 saturated heterocycles. The molecule has 0 bridgehead atoms. The normalized spacial score (nSPS) is 14.4. The predicted molar refractivity (Wildman–Crippen MR) is 111 cm³/mol. The summed E-state index contributed by atoms with van der Waals surface area (Å²) in [5, 5.41) is 12.9. The fourth-order valence-electron chi connectivity index (χ4n) is 3.51. The molecule has 1 atom stereocenters. The first-order chi connectivity index (χ1) is 12.5. The van der Waals surface area contributed by atoms with E-state index in [9.17, 15) is 14.7 Å². The number of aryl methyl sites for hydroxylation is 1. The molecule has 1 aromatic carbocycles. The van der Waals surface area contributed by atoms with Crippen molar-refractivity contribution in [1.29, 1.82) is 0 Å². The van der Waals surface area contributed by atoms with Crippen molar-refractivity contribution in [2.24, 2.45) is 16.2 Å². The molecular formula is C23H37NO3. The van der Waals surface area contributed by atoms with Crippen molar-refractivity contribution < 1.29 is 14.7 Å². The molecule has 0 heterocycles. The van der Waals surface area contributed by atoms with Gasteiger partial charge in [0.25, 0.3) is 0 Å². The smallest absolute Gasteiger partial charge is 0.310 e. The zero-order valence-corrected chi connectivity index (χ0v) is 17.9. The van der Waals surface area contributed by atoms with Gasteiger partial charge in [-0.3, -0.25) is 9.59 Å². The number of carboxylic acids is 1. The lowest BCUT2D eigenvalue weighted by Crippen LogP contribution is -2.52. The number of rotatable bonds is 11. The molecule has 0 aliphatic carbocycles. The van der Waals surface area contributed by atoms with Gasteiger partial charge in [-0.05, 0) is 42.6 Å². The molecular weight excluding hydrogens is 338 g/mol. The van der Waals surface area contributed by atoms with Gasteiger partial charge in [-0.1, -0.05) is 71.4 Å². The highest BCUT2D eigenvalue weighted by Gasteiger charge is 2.55. The van der Waals surface area contributed by atoms with Crippen molar-refractivity contribution in [2.75, 3.05) is 6.54 Å². The van der Waals surface area contributed by atoms with E-state index in [1.807, 2.05) is 32.0 Å². The molecule has 2 N–H and O–H groups in total. The molecule has 0 aliphatic heterocycles. The topological polar surface area (TPSA) is 66.4 Å². The van der Waals surface area contributed by atoms with Crippen molar-refractivity contribution in [1.82, 2.24) is 5.32 Å². The number of carboxylic acid groups (broad SMARTS) is 1. The number of unbranched alkanes of at least 4 members (excludes halogenated alkanes) is 1. The molecule has 0 fully saturated rings. The number of carbonyl (C=O) groups is 2. The third-order valence-electron chi connectivity index (χ3n) is 6.79. The second-order valence-electron chi connectivity index (χ2n) is 9.01. The lowest BCUT2D eigenvalue weighted by atomic mass is 9.52. The highest BCUT2D eigenvalue weighted by atomic mass is 16.4. The van der Waals surface area contributed by atoms with Crippen molar-refractivity contribution >= 4 is 11.9 Å². The molecule has 0 aromatic heterocycles. The van der Waals surface area contributed by atoms with Crippen LogP contribution in [0.15, 0.2) is 30.3 Å². The number of hydrogen-bond acceptors (Lipinski definition) is 2. The van der Waals surface area contributed by atoms with E-state index in [0.717, 1.165) is 25.7 Å². The largest absolute Gasteiger partial charge is 0.481 e. The van der Waals surface area contributed by atoms with Crippen molar-refractivity contribution in [3.63, 3.8) is 0 Å². The monoisotopic (exact) mass is 375 g/mol. The van der Waals surface area contributed by atoms with Crippen LogP contribution in [0, 0.1) is 16.2 Å². The third kappa shape index (κ3) is 5.57. The van der Waals surface area contributed by atoms with Crippen LogP contribution in [0.4, 0.5) is 0 Å². The third-order valence-corrected chi connectivity index (χ3v) is 6.79. The van der Waals surface area contributed by atoms with Crippen molar-refractivity contribution in [2.45, 2.75) is 73.6 Å². The Balaban J connectivity index is 2.97. The van der Waals surface area contributed by atoms with Gasteiger partial charge in [-0.2, -0.15) is 0 Å². The Labute approximate surface area is 164 Å². The van der Waals surface area contributed by atoms with Gasteiger partial charge in [-0.25, -0.2) is 0 Å². The maximum atomic E-state index is 12.4. The summed E-state index contributed by atoms with van der Waals surface area (Å²) in [6, 6.07) is 10.2. The summed E-state index contributed by atoms with van der Waals surface area (Å²) in [6.07, 6.45) is 3.63. The van der Waals surface area contributed by atoms with E-state index in [0.29, 0.717) is 6.54 Å². The van der Waals surface area contributed by atoms with Crippen LogP contribution in [-0.4, -0.2) is 23.5 Å². The summed E-state index contributed by atoms with van der Waals surface area (Å²) in [7, 11) is 0. The van der Waals surface area contributed by atoms with E-state index >= 15 is 0 Å². The number of aliphatic carboxylic acids is 1. The molecule has 0 aliphatic rings. The molecule has 1 amide bonds. The van der Waals surface area contributed by atoms with Gasteiger partial charge in [0, 0.05) is 13.0 Å². The lowest BCUT2D eigenvalue weighted by Gasteiger charge is -2.51. The van der Waals surface area contributed by atoms with E-state index in [2.05, 4.69) is 38.2 Å². The maximum Gasteiger partial charge on any atom is 0.310 e. The second-order valence-corrected chi connectivity index (χ2v) is 9.01. The van der Waals surface area contributed by atoms with Gasteiger partial charge < -0.3 is 10.4 Å². The quantitative estimate of drug-likeness (QED) is 0.531. The zero-order chi connectivity index (χ0) is 20.7. The highest BCUT2D eigenvalue weighted by molar-refractivity contribution is 5.85. The molecule has 1 unspecified atom stereocenters. The Morgan fingerprint density at radius 1 is 1.04 bits per heavy atom. The standard InChI is InChI=1S/C23H37NO3/c1-7-8-16-24-19(25)17-23(6,20(26)27)22(4,5)21(2,3)15-14-18-12-10-9-11-13-18/h9-13H,7-8,14-17H2,1-6H3,(H,24,25)(H,26,27). The van der Waals surface area contributed by atoms with E-state index in [4.69, 9.17) is 0 Å². The molecule has 4 heteroatoms. The molecule has 1 rings (SSSR count). The minimum absolute atomic E-state index is 0.00614. The summed E-state index contributed by atoms with van der Waals surface area (Å²) < 4.78 is 0. The number of amides is 1. The molecule has 4 nitrogen and oxygen atoms in total. The fraction of sp³-hybridized carbons (Fsp3) is 0.652. The first kappa shape index (κ1) is 23.2. The zero-order valence-electron chi connectivity index (χ0n) is 17.9. The van der Waals surface area contributed by atoms with Crippen molar-refractivity contribution in [3.8, 4) is 0 Å². The van der Waals surface area contributed by atoms with E-state index < -0.39 is 16.8 Å². The Morgan fingerprint density at radius 3 is 2.15 bits per heavy atom. The van der Waals surface area contributed by atoms with Crippen LogP contribution in [0.1, 0.15) is 72.8 Å². The van der Waals surface area contributed by atoms with Gasteiger partial charge in [0.15, 0.2) is 0 Å². The second kappa shape index (κ2) is 9.38. The molecule has 152 valence electrons. The number of benzene rings is 1. The van der Waals surface area contributed by atoms with Gasteiger partial charge in [0.05, 0.1) is 5.41 Å². The van der Waals surface area contributed by atoms with Crippen LogP contribution in [0.5, 0.6) is 0 Å². The summed E-state index contributed by atoms with van der Waals surface area (Å²) in [6.45, 7) is 12.6. The summed E-state index contributed by atoms with van der Waals surface area (Å²) >= 11 is 0. The summed E-state index contributed by atoms with van der Waals surface area (Å²) in [4.78, 5) is 24.7. The molecule has 27 heavy (non-hydrogen) atoms. The van der Waals surface area contributed by atoms with Crippen LogP contribution < -0.4 is 5.32 Å². The van der Waals surface area contributed by atoms with Crippen LogP contribution in [0.3, 0.4) is 0 Å². The van der Waals surface area contributed by atoms with Gasteiger partial charge >= 0.3 is 5.97 Å². The molecule has 0 spiro atoms. The summed E-state index contributed by atoms with van der Waals surface area (Å²) in [5.74, 6) is -1.09. The average molecular weight is 376 g/mol. The van der Waals surface area contributed by atoms with Gasteiger partial charge in [0.1, 0.15) is 0 Å². The van der Waals surface area contributed by atoms with Gasteiger partial charge in [0.2, 0.25) is 5.91 Å². The number of hydrogen-bond donors (Lipinski definition) is 2. The van der Waals surface area contributed by atoms with Crippen LogP contribution in [0.2, 0.25) is 0 Å². The molecule has 0 saturated carbocycles. The SMILES string of the molecule is CCCCNC(=O)CC(C)(C(=O)O)C(C)(C)C(C)(C)CCc1ccccc1. The number of nitrogens with one attached hydrogen (secondary N) is 1. The van der Waals surface area contributed by atoms with Gasteiger partial charge in [-0.15, -0.1) is 0 Å². The summed E-state index contributed by atoms with van der Waals surface area (Å²) in [5.41, 5.74) is -0.748. The highest BCUT2D eigenvalue weighted by Crippen LogP contribution is 2.55. The Morgan fingerprint density at radius 2 is 1.63 bits per heavy atom. The first-order valence-electron chi connectivity index (χ1n) is 10.0. The Kier molecular flexibility index (Phi) is 8.06. The van der Waals surface area contributed by atoms with E-state index in [-0.39, 0.29) is 17.7 Å². The number of carbonyl (C=O) groups excluding carboxylic acids is 1. The lowest BCUT2D eigenvalue weighted by molar-refractivity contribution is -0.166. The van der Waals surface area contributed by atoms with E-state index in [1.165, 1.54) is 5.56 Å².